The molecule has 0 atom stereocenters. The van der Waals surface area contributed by atoms with Gasteiger partial charge in [-0.25, -0.2) is 0 Å². The predicted octanol–water partition coefficient (Wildman–Crippen LogP) is -0.432. The molecule has 0 bridgehead atoms. The third kappa shape index (κ3) is 12.4. The average molecular weight is 110 g/mol. The van der Waals surface area contributed by atoms with Crippen LogP contribution in [0, 0.1) is 0 Å². The smallest absolute Gasteiger partial charge is 1.00 e. The largest absolute Gasteiger partial charge is 2.00 e. The first-order valence-electron chi connectivity index (χ1n) is 0.236. The van der Waals surface area contributed by atoms with E-state index in [0.29, 0.717) is 0 Å². The van der Waals surface area contributed by atoms with E-state index >= 15 is 0 Å². The normalized spacial score (nSPS) is 1.00. The summed E-state index contributed by atoms with van der Waals surface area (Å²) in [4.78, 5) is 7.75. The Kier molecular flexibility index (Phi) is 192. The van der Waals surface area contributed by atoms with Gasteiger partial charge in [-0.2, -0.15) is 0 Å². The second-order valence-corrected chi connectivity index (χ2v) is 0. The second-order valence-electron chi connectivity index (χ2n) is 0. The van der Waals surface area contributed by atoms with Gasteiger partial charge in [-0.1, -0.05) is 0 Å². The minimum Gasteiger partial charge on any atom is -1.00 e. The minimum absolute atomic E-state index is 0. The van der Waals surface area contributed by atoms with Crippen LogP contribution in [-0.2, 0) is 21.9 Å². The number of carbonyl (C=O) groups excluding carboxylic acids is 1. The van der Waals surface area contributed by atoms with Gasteiger partial charge in [0.05, 0.1) is 0 Å². The van der Waals surface area contributed by atoms with Crippen molar-refractivity contribution < 1.29 is 24.7 Å². The molecule has 4 heavy (non-hydrogen) atoms. The van der Waals surface area contributed by atoms with Gasteiger partial charge in [0.1, 0.15) is 0 Å². The zero-order valence-corrected chi connectivity index (χ0v) is 4.67. The van der Waals surface area contributed by atoms with Crippen LogP contribution in [0.25, 0.3) is 0 Å². The maximum Gasteiger partial charge on any atom is 2.00 e. The number of rotatable bonds is 0. The molecule has 0 aromatic heterocycles. The molecule has 0 aromatic carbocycles. The van der Waals surface area contributed by atoms with Crippen molar-refractivity contribution >= 4 is 29.8 Å². The molecule has 0 aliphatic heterocycles. The Bertz CT molecular complexity index is 13.5. The molecular weight excluding hydrogens is 107 g/mol. The first-order valence-corrected chi connectivity index (χ1v) is 0.236. The molecule has 0 unspecified atom stereocenters. The summed E-state index contributed by atoms with van der Waals surface area (Å²) in [5.41, 5.74) is 0. The summed E-state index contributed by atoms with van der Waals surface area (Å²) in [5.74, 6) is 0. The molecule has 3 heteroatoms. The Morgan fingerprint density at radius 3 is 1.50 bits per heavy atom. The fraction of sp³-hybridized carbons (Fsp3) is 0. The van der Waals surface area contributed by atoms with Crippen LogP contribution in [-0.4, -0.2) is 29.8 Å². The second kappa shape index (κ2) is 37.8. The molecule has 0 fully saturated rings. The fourth-order valence-corrected chi connectivity index (χ4v) is 0. The van der Waals surface area contributed by atoms with Crippen molar-refractivity contribution in [2.45, 2.75) is 0 Å². The van der Waals surface area contributed by atoms with E-state index in [4.69, 9.17) is 4.79 Å². The summed E-state index contributed by atoms with van der Waals surface area (Å²) in [6.45, 7) is 3.25. The summed E-state index contributed by atoms with van der Waals surface area (Å²) in [7, 11) is 0. The van der Waals surface area contributed by atoms with Crippen LogP contribution in [0.5, 0.6) is 0 Å². The first kappa shape index (κ1) is 20.3. The Morgan fingerprint density at radius 1 is 1.50 bits per heavy atom. The maximum atomic E-state index is 7.75. The molecule has 0 heterocycles. The molecule has 0 rings (SSSR count). The quantitative estimate of drug-likeness (QED) is 0.235. The summed E-state index contributed by atoms with van der Waals surface area (Å²) in [5, 5.41) is 0. The van der Waals surface area contributed by atoms with Gasteiger partial charge in [-0.05, 0) is 0 Å². The Hall–Kier alpha value is 0.956. The average Bonchev–Trinajstić information content (AvgIpc) is 1.00. The SMILES string of the molecule is [CH-]=O.[H-].[H-].[Mg+2].[Mn]. The van der Waals surface area contributed by atoms with Crippen LogP contribution in [0.2, 0.25) is 0 Å². The van der Waals surface area contributed by atoms with Crippen LogP contribution in [0.3, 0.4) is 0 Å². The van der Waals surface area contributed by atoms with Crippen LogP contribution in [0.4, 0.5) is 0 Å². The van der Waals surface area contributed by atoms with E-state index in [1.165, 1.54) is 0 Å². The van der Waals surface area contributed by atoms with Crippen molar-refractivity contribution in [3.8, 4) is 0 Å². The van der Waals surface area contributed by atoms with E-state index in [-0.39, 0.29) is 43.0 Å². The topological polar surface area (TPSA) is 17.1 Å². The molecule has 0 N–H and O–H groups in total. The molecule has 0 aromatic rings. The molecule has 0 spiro atoms. The molecule has 1 radical (unpaired) electrons. The van der Waals surface area contributed by atoms with Gasteiger partial charge in [0.15, 0.2) is 0 Å². The van der Waals surface area contributed by atoms with E-state index in [9.17, 15) is 0 Å². The van der Waals surface area contributed by atoms with Gasteiger partial charge in [0, 0.05) is 17.1 Å². The van der Waals surface area contributed by atoms with Crippen molar-refractivity contribution in [1.82, 2.24) is 0 Å². The van der Waals surface area contributed by atoms with E-state index in [2.05, 4.69) is 6.79 Å². The van der Waals surface area contributed by atoms with Crippen LogP contribution >= 0.6 is 0 Å². The molecule has 0 saturated carbocycles. The molecular formula is CH3MgMnO-. The van der Waals surface area contributed by atoms with Gasteiger partial charge in [0.25, 0.3) is 0 Å². The zero-order valence-electron chi connectivity index (χ0n) is 4.07. The molecule has 23 valence electrons. The zero-order chi connectivity index (χ0) is 2.00. The summed E-state index contributed by atoms with van der Waals surface area (Å²) >= 11 is 0. The summed E-state index contributed by atoms with van der Waals surface area (Å²) < 4.78 is 0. The van der Waals surface area contributed by atoms with Crippen LogP contribution in [0.15, 0.2) is 0 Å². The van der Waals surface area contributed by atoms with E-state index in [1.807, 2.05) is 0 Å². The van der Waals surface area contributed by atoms with E-state index < -0.39 is 0 Å². The van der Waals surface area contributed by atoms with Gasteiger partial charge in [0.2, 0.25) is 0 Å². The van der Waals surface area contributed by atoms with Crippen molar-refractivity contribution in [2.24, 2.45) is 0 Å². The van der Waals surface area contributed by atoms with Gasteiger partial charge in [-0.3, -0.25) is 6.79 Å². The van der Waals surface area contributed by atoms with Crippen molar-refractivity contribution in [2.75, 3.05) is 0 Å². The summed E-state index contributed by atoms with van der Waals surface area (Å²) in [6.07, 6.45) is 0. The summed E-state index contributed by atoms with van der Waals surface area (Å²) in [6, 6.07) is 0. The Morgan fingerprint density at radius 2 is 1.50 bits per heavy atom. The van der Waals surface area contributed by atoms with Gasteiger partial charge >= 0.3 is 23.1 Å². The molecule has 0 saturated heterocycles. The maximum absolute atomic E-state index is 7.75. The first-order chi connectivity index (χ1) is 1.00. The van der Waals surface area contributed by atoms with Crippen molar-refractivity contribution in [3.05, 3.63) is 0 Å². The van der Waals surface area contributed by atoms with Gasteiger partial charge in [-0.15, -0.1) is 0 Å². The van der Waals surface area contributed by atoms with Crippen LogP contribution in [0.1, 0.15) is 2.85 Å². The Labute approximate surface area is 54.7 Å². The third-order valence-corrected chi connectivity index (χ3v) is 0. The number of hydrogen-bond acceptors (Lipinski definition) is 1. The van der Waals surface area contributed by atoms with Crippen molar-refractivity contribution in [3.63, 3.8) is 0 Å². The Balaban J connectivity index is -0.000000000833. The molecule has 0 aliphatic carbocycles. The molecule has 0 aliphatic rings. The van der Waals surface area contributed by atoms with Gasteiger partial charge < -0.3 is 7.65 Å². The minimum atomic E-state index is 0. The molecule has 0 amide bonds. The molecule has 1 nitrogen and oxygen atoms in total. The number of hydrogen-bond donors (Lipinski definition) is 0. The standard InChI is InChI=1S/CHO.Mg.Mn.2H/c1-2;;;;/h1H;;;;/q-1;+2;;2*-1. The predicted molar refractivity (Wildman–Crippen MR) is 14.7 cm³/mol. The monoisotopic (exact) mass is 110 g/mol. The third-order valence-electron chi connectivity index (χ3n) is 0. The van der Waals surface area contributed by atoms with Crippen molar-refractivity contribution in [1.29, 1.82) is 0 Å². The van der Waals surface area contributed by atoms with Crippen LogP contribution < -0.4 is 0 Å². The fourth-order valence-electron chi connectivity index (χ4n) is 0. The van der Waals surface area contributed by atoms with E-state index in [0.717, 1.165) is 0 Å². The van der Waals surface area contributed by atoms with E-state index in [1.54, 1.807) is 0 Å².